The van der Waals surface area contributed by atoms with E-state index in [0.29, 0.717) is 0 Å². The lowest BCUT2D eigenvalue weighted by molar-refractivity contribution is -0.147. The van der Waals surface area contributed by atoms with E-state index in [9.17, 15) is 4.79 Å². The third-order valence-corrected chi connectivity index (χ3v) is 1.52. The van der Waals surface area contributed by atoms with Crippen LogP contribution in [0.3, 0.4) is 0 Å². The first-order valence-electron chi connectivity index (χ1n) is 4.27. The van der Waals surface area contributed by atoms with Crippen LogP contribution in [0.25, 0.3) is 0 Å². The highest BCUT2D eigenvalue weighted by atomic mass is 16.5. The molecule has 0 aromatic heterocycles. The number of carbonyl (C=O) groups excluding carboxylic acids is 1. The predicted octanol–water partition coefficient (Wildman–Crippen LogP) is 2.02. The molecule has 0 rings (SSSR count). The average Bonchev–Trinajstić information content (AvgIpc) is 2.01. The molecule has 0 bridgehead atoms. The molecule has 0 aliphatic carbocycles. The minimum Gasteiger partial charge on any atom is -0.462 e. The number of nitrogens with zero attached hydrogens (tertiary/aromatic N) is 1. The van der Waals surface area contributed by atoms with Crippen LogP contribution in [0.5, 0.6) is 0 Å². The van der Waals surface area contributed by atoms with Crippen LogP contribution in [-0.2, 0) is 9.53 Å². The molecule has 0 fully saturated rings. The summed E-state index contributed by atoms with van der Waals surface area (Å²) in [6.07, 6.45) is 2.84. The summed E-state index contributed by atoms with van der Waals surface area (Å²) in [5.74, 6) is -0.416. The number of ether oxygens (including phenoxy) is 1. The molecule has 12 heavy (non-hydrogen) atoms. The molecule has 0 N–H and O–H groups in total. The van der Waals surface area contributed by atoms with Gasteiger partial charge in [0.15, 0.2) is 0 Å². The van der Waals surface area contributed by atoms with E-state index in [0.717, 1.165) is 19.3 Å². The zero-order valence-electron chi connectivity index (χ0n) is 7.67. The number of hydrogen-bond donors (Lipinski definition) is 0. The standard InChI is InChI=1S/C9H15NO2/c1-3-4-5-8(2)12-9(11)6-7-10/h8H,3-6H2,1-2H3. The van der Waals surface area contributed by atoms with Crippen LogP contribution in [0.15, 0.2) is 0 Å². The van der Waals surface area contributed by atoms with Crippen molar-refractivity contribution >= 4 is 5.97 Å². The van der Waals surface area contributed by atoms with Gasteiger partial charge in [0.1, 0.15) is 6.42 Å². The van der Waals surface area contributed by atoms with Gasteiger partial charge in [-0.25, -0.2) is 0 Å². The van der Waals surface area contributed by atoms with Gasteiger partial charge in [0.25, 0.3) is 0 Å². The maximum atomic E-state index is 10.8. The first kappa shape index (κ1) is 11.0. The highest BCUT2D eigenvalue weighted by molar-refractivity contribution is 5.71. The Labute approximate surface area is 73.3 Å². The molecule has 0 amide bonds. The fraction of sp³-hybridized carbons (Fsp3) is 0.778. The van der Waals surface area contributed by atoms with Crippen LogP contribution in [0.2, 0.25) is 0 Å². The maximum absolute atomic E-state index is 10.8. The van der Waals surface area contributed by atoms with E-state index in [1.54, 1.807) is 6.07 Å². The second kappa shape index (κ2) is 6.66. The fourth-order valence-corrected chi connectivity index (χ4v) is 0.881. The maximum Gasteiger partial charge on any atom is 0.320 e. The summed E-state index contributed by atoms with van der Waals surface area (Å²) < 4.78 is 4.93. The summed E-state index contributed by atoms with van der Waals surface area (Å²) in [5, 5.41) is 8.17. The van der Waals surface area contributed by atoms with E-state index in [4.69, 9.17) is 10.00 Å². The SMILES string of the molecule is CCCCC(C)OC(=O)CC#N. The van der Waals surface area contributed by atoms with Crippen LogP contribution in [0.1, 0.15) is 39.5 Å². The van der Waals surface area contributed by atoms with Crippen LogP contribution in [0, 0.1) is 11.3 Å². The van der Waals surface area contributed by atoms with Gasteiger partial charge in [-0.1, -0.05) is 19.8 Å². The lowest BCUT2D eigenvalue weighted by Crippen LogP contribution is -2.13. The fourth-order valence-electron chi connectivity index (χ4n) is 0.881. The molecule has 0 aromatic carbocycles. The quantitative estimate of drug-likeness (QED) is 0.591. The van der Waals surface area contributed by atoms with Gasteiger partial charge in [-0.2, -0.15) is 5.26 Å². The molecule has 0 aliphatic rings. The molecule has 0 saturated carbocycles. The third-order valence-electron chi connectivity index (χ3n) is 1.52. The molecule has 3 heteroatoms. The van der Waals surface area contributed by atoms with Gasteiger partial charge in [0.05, 0.1) is 12.2 Å². The van der Waals surface area contributed by atoms with Crippen molar-refractivity contribution in [2.45, 2.75) is 45.6 Å². The first-order chi connectivity index (χ1) is 5.70. The summed E-state index contributed by atoms with van der Waals surface area (Å²) in [6.45, 7) is 3.94. The molecule has 68 valence electrons. The Morgan fingerprint density at radius 1 is 1.67 bits per heavy atom. The highest BCUT2D eigenvalue weighted by Crippen LogP contribution is 2.04. The summed E-state index contributed by atoms with van der Waals surface area (Å²) in [4.78, 5) is 10.8. The molecule has 3 nitrogen and oxygen atoms in total. The van der Waals surface area contributed by atoms with E-state index < -0.39 is 5.97 Å². The Hall–Kier alpha value is -1.04. The second-order valence-corrected chi connectivity index (χ2v) is 2.78. The Morgan fingerprint density at radius 3 is 2.83 bits per heavy atom. The lowest BCUT2D eigenvalue weighted by atomic mass is 10.2. The van der Waals surface area contributed by atoms with Gasteiger partial charge in [0.2, 0.25) is 0 Å². The van der Waals surface area contributed by atoms with E-state index >= 15 is 0 Å². The van der Waals surface area contributed by atoms with Gasteiger partial charge in [-0.15, -0.1) is 0 Å². The Kier molecular flexibility index (Phi) is 6.08. The highest BCUT2D eigenvalue weighted by Gasteiger charge is 2.07. The number of hydrogen-bond acceptors (Lipinski definition) is 3. The largest absolute Gasteiger partial charge is 0.462 e. The van der Waals surface area contributed by atoms with Crippen molar-refractivity contribution < 1.29 is 9.53 Å². The van der Waals surface area contributed by atoms with Gasteiger partial charge < -0.3 is 4.74 Å². The summed E-state index contributed by atoms with van der Waals surface area (Å²) in [6, 6.07) is 1.75. The first-order valence-corrected chi connectivity index (χ1v) is 4.27. The average molecular weight is 169 g/mol. The van der Waals surface area contributed by atoms with E-state index in [1.165, 1.54) is 0 Å². The second-order valence-electron chi connectivity index (χ2n) is 2.78. The van der Waals surface area contributed by atoms with E-state index in [2.05, 4.69) is 6.92 Å². The molecule has 0 saturated heterocycles. The number of rotatable bonds is 5. The van der Waals surface area contributed by atoms with Crippen LogP contribution >= 0.6 is 0 Å². The van der Waals surface area contributed by atoms with Crippen molar-refractivity contribution in [3.05, 3.63) is 0 Å². The Balaban J connectivity index is 3.48. The van der Waals surface area contributed by atoms with Gasteiger partial charge >= 0.3 is 5.97 Å². The third kappa shape index (κ3) is 5.72. The normalized spacial score (nSPS) is 11.8. The van der Waals surface area contributed by atoms with Crippen molar-refractivity contribution in [3.63, 3.8) is 0 Å². The van der Waals surface area contributed by atoms with Crippen molar-refractivity contribution in [2.24, 2.45) is 0 Å². The van der Waals surface area contributed by atoms with Crippen molar-refractivity contribution in [2.75, 3.05) is 0 Å². The van der Waals surface area contributed by atoms with Gasteiger partial charge in [-0.05, 0) is 13.3 Å². The van der Waals surface area contributed by atoms with Gasteiger partial charge in [-0.3, -0.25) is 4.79 Å². The molecular weight excluding hydrogens is 154 g/mol. The molecule has 1 atom stereocenters. The van der Waals surface area contributed by atoms with E-state index in [1.807, 2.05) is 6.92 Å². The molecule has 1 unspecified atom stereocenters. The molecular formula is C9H15NO2. The summed E-state index contributed by atoms with van der Waals surface area (Å²) >= 11 is 0. The smallest absolute Gasteiger partial charge is 0.320 e. The Bertz CT molecular complexity index is 172. The van der Waals surface area contributed by atoms with Crippen molar-refractivity contribution in [3.8, 4) is 6.07 Å². The zero-order valence-corrected chi connectivity index (χ0v) is 7.67. The monoisotopic (exact) mass is 169 g/mol. The predicted molar refractivity (Wildman–Crippen MR) is 45.3 cm³/mol. The number of carbonyl (C=O) groups is 1. The van der Waals surface area contributed by atoms with Crippen LogP contribution in [0.4, 0.5) is 0 Å². The van der Waals surface area contributed by atoms with Crippen molar-refractivity contribution in [1.29, 1.82) is 5.26 Å². The van der Waals surface area contributed by atoms with E-state index in [-0.39, 0.29) is 12.5 Å². The lowest BCUT2D eigenvalue weighted by Gasteiger charge is -2.10. The minimum atomic E-state index is -0.416. The van der Waals surface area contributed by atoms with Gasteiger partial charge in [0, 0.05) is 0 Å². The molecule has 0 radical (unpaired) electrons. The number of esters is 1. The van der Waals surface area contributed by atoms with Crippen LogP contribution in [-0.4, -0.2) is 12.1 Å². The minimum absolute atomic E-state index is 0.0502. The topological polar surface area (TPSA) is 50.1 Å². The zero-order chi connectivity index (χ0) is 9.40. The molecule has 0 aliphatic heterocycles. The molecule has 0 heterocycles. The van der Waals surface area contributed by atoms with Crippen molar-refractivity contribution in [1.82, 2.24) is 0 Å². The Morgan fingerprint density at radius 2 is 2.33 bits per heavy atom. The summed E-state index contributed by atoms with van der Waals surface area (Å²) in [5.41, 5.74) is 0. The van der Waals surface area contributed by atoms with Crippen LogP contribution < -0.4 is 0 Å². The number of unbranched alkanes of at least 4 members (excludes halogenated alkanes) is 1. The number of nitriles is 1. The molecule has 0 aromatic rings. The molecule has 0 spiro atoms. The summed E-state index contributed by atoms with van der Waals surface area (Å²) in [7, 11) is 0.